The van der Waals surface area contributed by atoms with E-state index in [1.807, 2.05) is 45.0 Å². The largest absolute Gasteiger partial charge is 0.497 e. The Balaban J connectivity index is 1.70. The minimum absolute atomic E-state index is 0.0878. The molecule has 0 aliphatic carbocycles. The Hall–Kier alpha value is -3.68. The summed E-state index contributed by atoms with van der Waals surface area (Å²) in [5, 5.41) is 2.93. The number of ether oxygens (including phenoxy) is 1. The molecular formula is C27H33N3O5. The van der Waals surface area contributed by atoms with Crippen LogP contribution in [0.25, 0.3) is 0 Å². The molecule has 1 N–H and O–H groups in total. The zero-order chi connectivity index (χ0) is 25.8. The molecule has 0 saturated carbocycles. The lowest BCUT2D eigenvalue weighted by Gasteiger charge is -2.31. The fraction of sp³-hybridized carbons (Fsp3) is 0.407. The number of amides is 4. The Labute approximate surface area is 206 Å². The molecule has 0 bridgehead atoms. The van der Waals surface area contributed by atoms with E-state index in [0.29, 0.717) is 23.3 Å². The number of imide groups is 1. The van der Waals surface area contributed by atoms with Crippen molar-refractivity contribution < 1.29 is 23.9 Å². The Morgan fingerprint density at radius 1 is 1.03 bits per heavy atom. The van der Waals surface area contributed by atoms with Gasteiger partial charge in [-0.15, -0.1) is 0 Å². The first-order valence-corrected chi connectivity index (χ1v) is 11.7. The van der Waals surface area contributed by atoms with E-state index in [1.54, 1.807) is 38.3 Å². The van der Waals surface area contributed by atoms with E-state index < -0.39 is 11.6 Å². The lowest BCUT2D eigenvalue weighted by molar-refractivity contribution is -0.141. The van der Waals surface area contributed by atoms with E-state index in [9.17, 15) is 19.2 Å². The number of benzene rings is 2. The summed E-state index contributed by atoms with van der Waals surface area (Å²) in [6.45, 7) is 7.70. The van der Waals surface area contributed by atoms with Gasteiger partial charge in [0.25, 0.3) is 11.8 Å². The van der Waals surface area contributed by atoms with Gasteiger partial charge in [0, 0.05) is 25.0 Å². The van der Waals surface area contributed by atoms with Crippen molar-refractivity contribution >= 4 is 23.6 Å². The lowest BCUT2D eigenvalue weighted by atomic mass is 10.1. The lowest BCUT2D eigenvalue weighted by Crippen LogP contribution is -2.52. The normalized spacial score (nSPS) is 13.9. The van der Waals surface area contributed by atoms with E-state index >= 15 is 0 Å². The topological polar surface area (TPSA) is 96.0 Å². The van der Waals surface area contributed by atoms with Crippen LogP contribution in [0.4, 0.5) is 0 Å². The van der Waals surface area contributed by atoms with Crippen molar-refractivity contribution in [3.8, 4) is 5.75 Å². The van der Waals surface area contributed by atoms with Crippen molar-refractivity contribution in [3.63, 3.8) is 0 Å². The van der Waals surface area contributed by atoms with Crippen molar-refractivity contribution in [2.45, 2.75) is 58.7 Å². The van der Waals surface area contributed by atoms with Gasteiger partial charge < -0.3 is 15.0 Å². The minimum atomic E-state index is -0.716. The standard InChI is InChI=1S/C27H33N3O5/c1-18(24(32)28-27(2,3)4)30(17-19-10-8-11-20(16-19)35-5)23(31)14-9-15-29-25(33)21-12-6-7-13-22(21)26(29)34/h6-8,10-13,16,18H,9,14-15,17H2,1-5H3,(H,28,32). The Kier molecular flexibility index (Phi) is 7.94. The summed E-state index contributed by atoms with van der Waals surface area (Å²) in [5.41, 5.74) is 1.15. The van der Waals surface area contributed by atoms with Gasteiger partial charge in [0.15, 0.2) is 0 Å². The SMILES string of the molecule is COc1cccc(CN(C(=O)CCCN2C(=O)c3ccccc3C2=O)C(C)C(=O)NC(C)(C)C)c1. The van der Waals surface area contributed by atoms with Gasteiger partial charge in [0.2, 0.25) is 11.8 Å². The molecule has 0 fully saturated rings. The number of carbonyl (C=O) groups excluding carboxylic acids is 4. The second-order valence-electron chi connectivity index (χ2n) is 9.70. The number of nitrogens with zero attached hydrogens (tertiary/aromatic N) is 2. The second kappa shape index (κ2) is 10.7. The fourth-order valence-corrected chi connectivity index (χ4v) is 4.00. The maximum atomic E-state index is 13.3. The van der Waals surface area contributed by atoms with Crippen LogP contribution in [0, 0.1) is 0 Å². The summed E-state index contributed by atoms with van der Waals surface area (Å²) < 4.78 is 5.29. The van der Waals surface area contributed by atoms with E-state index in [-0.39, 0.29) is 43.1 Å². The quantitative estimate of drug-likeness (QED) is 0.556. The highest BCUT2D eigenvalue weighted by Gasteiger charge is 2.35. The zero-order valence-corrected chi connectivity index (χ0v) is 21.0. The molecule has 8 heteroatoms. The molecule has 2 aromatic carbocycles. The second-order valence-corrected chi connectivity index (χ2v) is 9.70. The van der Waals surface area contributed by atoms with Crippen molar-refractivity contribution in [1.82, 2.24) is 15.1 Å². The zero-order valence-electron chi connectivity index (χ0n) is 21.0. The number of hydrogen-bond acceptors (Lipinski definition) is 5. The van der Waals surface area contributed by atoms with Crippen molar-refractivity contribution in [2.75, 3.05) is 13.7 Å². The third-order valence-electron chi connectivity index (χ3n) is 5.80. The smallest absolute Gasteiger partial charge is 0.261 e. The molecule has 1 unspecified atom stereocenters. The van der Waals surface area contributed by atoms with Gasteiger partial charge in [-0.05, 0) is 63.9 Å². The van der Waals surface area contributed by atoms with Crippen molar-refractivity contribution in [1.29, 1.82) is 0 Å². The highest BCUT2D eigenvalue weighted by atomic mass is 16.5. The molecule has 1 heterocycles. The van der Waals surface area contributed by atoms with Crippen LogP contribution in [-0.2, 0) is 16.1 Å². The maximum Gasteiger partial charge on any atom is 0.261 e. The molecule has 0 saturated heterocycles. The number of fused-ring (bicyclic) bond motifs is 1. The third kappa shape index (κ3) is 6.26. The molecule has 8 nitrogen and oxygen atoms in total. The summed E-state index contributed by atoms with van der Waals surface area (Å²) in [7, 11) is 1.57. The summed E-state index contributed by atoms with van der Waals surface area (Å²) >= 11 is 0. The van der Waals surface area contributed by atoms with E-state index in [1.165, 1.54) is 9.80 Å². The van der Waals surface area contributed by atoms with E-state index in [2.05, 4.69) is 5.32 Å². The van der Waals surface area contributed by atoms with Crippen LogP contribution >= 0.6 is 0 Å². The predicted molar refractivity (Wildman–Crippen MR) is 132 cm³/mol. The van der Waals surface area contributed by atoms with Gasteiger partial charge in [-0.1, -0.05) is 24.3 Å². The molecular weight excluding hydrogens is 446 g/mol. The van der Waals surface area contributed by atoms with Crippen LogP contribution in [0.3, 0.4) is 0 Å². The van der Waals surface area contributed by atoms with Gasteiger partial charge in [0.1, 0.15) is 11.8 Å². The Bertz CT molecular complexity index is 1090. The van der Waals surface area contributed by atoms with E-state index in [0.717, 1.165) is 5.56 Å². The van der Waals surface area contributed by atoms with Crippen molar-refractivity contribution in [2.24, 2.45) is 0 Å². The molecule has 1 atom stereocenters. The molecule has 4 amide bonds. The number of methoxy groups -OCH3 is 1. The Morgan fingerprint density at radius 2 is 1.66 bits per heavy atom. The molecule has 0 radical (unpaired) electrons. The summed E-state index contributed by atoms with van der Waals surface area (Å²) in [4.78, 5) is 54.1. The molecule has 1 aliphatic heterocycles. The summed E-state index contributed by atoms with van der Waals surface area (Å²) in [6.07, 6.45) is 0.386. The monoisotopic (exact) mass is 479 g/mol. The van der Waals surface area contributed by atoms with Crippen LogP contribution in [0.2, 0.25) is 0 Å². The summed E-state index contributed by atoms with van der Waals surface area (Å²) in [5.74, 6) is -0.518. The number of carbonyl (C=O) groups is 4. The molecule has 0 aromatic heterocycles. The van der Waals surface area contributed by atoms with Crippen LogP contribution in [0.15, 0.2) is 48.5 Å². The Morgan fingerprint density at radius 3 is 2.23 bits per heavy atom. The molecule has 0 spiro atoms. The highest BCUT2D eigenvalue weighted by Crippen LogP contribution is 2.23. The van der Waals surface area contributed by atoms with Gasteiger partial charge in [-0.25, -0.2) is 0 Å². The van der Waals surface area contributed by atoms with Gasteiger partial charge in [-0.2, -0.15) is 0 Å². The van der Waals surface area contributed by atoms with E-state index in [4.69, 9.17) is 4.74 Å². The average molecular weight is 480 g/mol. The minimum Gasteiger partial charge on any atom is -0.497 e. The summed E-state index contributed by atoms with van der Waals surface area (Å²) in [6, 6.07) is 13.3. The van der Waals surface area contributed by atoms with Crippen LogP contribution in [0.1, 0.15) is 66.8 Å². The molecule has 186 valence electrons. The molecule has 2 aromatic rings. The van der Waals surface area contributed by atoms with Gasteiger partial charge >= 0.3 is 0 Å². The first-order valence-electron chi connectivity index (χ1n) is 11.7. The van der Waals surface area contributed by atoms with Crippen LogP contribution in [0.5, 0.6) is 5.75 Å². The van der Waals surface area contributed by atoms with Gasteiger partial charge in [-0.3, -0.25) is 24.1 Å². The third-order valence-corrected chi connectivity index (χ3v) is 5.80. The highest BCUT2D eigenvalue weighted by molar-refractivity contribution is 6.21. The average Bonchev–Trinajstić information content (AvgIpc) is 3.06. The fourth-order valence-electron chi connectivity index (χ4n) is 4.00. The van der Waals surface area contributed by atoms with Crippen molar-refractivity contribution in [3.05, 3.63) is 65.2 Å². The number of rotatable bonds is 9. The first-order chi connectivity index (χ1) is 16.5. The predicted octanol–water partition coefficient (Wildman–Crippen LogP) is 3.40. The van der Waals surface area contributed by atoms with Crippen LogP contribution in [-0.4, -0.2) is 58.7 Å². The molecule has 35 heavy (non-hydrogen) atoms. The van der Waals surface area contributed by atoms with Crippen LogP contribution < -0.4 is 10.1 Å². The number of hydrogen-bond donors (Lipinski definition) is 1. The molecule has 1 aliphatic rings. The first kappa shape index (κ1) is 25.9. The number of nitrogens with one attached hydrogen (secondary N) is 1. The van der Waals surface area contributed by atoms with Gasteiger partial charge in [0.05, 0.1) is 18.2 Å². The molecule has 3 rings (SSSR count). The maximum absolute atomic E-state index is 13.3.